The van der Waals surface area contributed by atoms with Gasteiger partial charge in [-0.25, -0.2) is 0 Å². The third-order valence-corrected chi connectivity index (χ3v) is 11.0. The first-order valence-electron chi connectivity index (χ1n) is 12.7. The van der Waals surface area contributed by atoms with E-state index in [4.69, 9.17) is 5.11 Å². The first-order valence-corrected chi connectivity index (χ1v) is 12.7. The van der Waals surface area contributed by atoms with E-state index in [9.17, 15) is 29.7 Å². The van der Waals surface area contributed by atoms with Crippen LogP contribution in [0.1, 0.15) is 79.6 Å². The van der Waals surface area contributed by atoms with Crippen molar-refractivity contribution in [2.45, 2.75) is 91.8 Å². The van der Waals surface area contributed by atoms with E-state index in [1.54, 1.807) is 0 Å². The highest BCUT2D eigenvalue weighted by molar-refractivity contribution is 6.05. The van der Waals surface area contributed by atoms with Crippen molar-refractivity contribution in [2.75, 3.05) is 6.61 Å². The second kappa shape index (κ2) is 7.97. The monoisotopic (exact) mass is 476 g/mol. The molecule has 0 radical (unpaired) electrons. The number of hydrogen-bond donors (Lipinski definition) is 4. The Labute approximate surface area is 201 Å². The molecule has 2 fully saturated rings. The van der Waals surface area contributed by atoms with E-state index in [2.05, 4.69) is 0 Å². The molecule has 4 aliphatic carbocycles. The quantitative estimate of drug-likeness (QED) is 0.480. The molecule has 0 saturated heterocycles. The van der Waals surface area contributed by atoms with Crippen LogP contribution < -0.4 is 0 Å². The maximum absolute atomic E-state index is 13.9. The summed E-state index contributed by atoms with van der Waals surface area (Å²) in [7, 11) is 0. The molecule has 0 spiro atoms. The summed E-state index contributed by atoms with van der Waals surface area (Å²) in [6.45, 7) is 9.43. The lowest BCUT2D eigenvalue weighted by molar-refractivity contribution is -0.151. The van der Waals surface area contributed by atoms with E-state index < -0.39 is 39.8 Å². The van der Waals surface area contributed by atoms with Gasteiger partial charge >= 0.3 is 5.97 Å². The molecule has 4 aliphatic rings. The molecule has 190 valence electrons. The second-order valence-electron chi connectivity index (χ2n) is 12.5. The molecule has 9 unspecified atom stereocenters. The first-order chi connectivity index (χ1) is 15.7. The molecule has 4 rings (SSSR count). The summed E-state index contributed by atoms with van der Waals surface area (Å²) in [5.74, 6) is -1.39. The third kappa shape index (κ3) is 3.09. The molecule has 4 N–H and O–H groups in total. The van der Waals surface area contributed by atoms with Gasteiger partial charge in [-0.05, 0) is 66.8 Å². The van der Waals surface area contributed by atoms with Crippen molar-refractivity contribution in [1.29, 1.82) is 0 Å². The predicted molar refractivity (Wildman–Crippen MR) is 125 cm³/mol. The van der Waals surface area contributed by atoms with E-state index >= 15 is 0 Å². The number of fused-ring (bicyclic) bond motifs is 4. The SMILES string of the molecule is CC(CCC(=O)O)C1CC(=O)C2(C)C3=C(C(=O)CC12C)C1(C)CCC(O)C(C)(CO)C1CC3O. The molecule has 0 amide bonds. The number of allylic oxidation sites excluding steroid dienone is 1. The number of carboxylic acids is 1. The fraction of sp³-hybridized carbons (Fsp3) is 0.815. The van der Waals surface area contributed by atoms with E-state index in [1.165, 1.54) is 0 Å². The Morgan fingerprint density at radius 3 is 2.38 bits per heavy atom. The van der Waals surface area contributed by atoms with E-state index in [1.807, 2.05) is 34.6 Å². The number of aliphatic hydroxyl groups is 3. The van der Waals surface area contributed by atoms with Crippen molar-refractivity contribution < 1.29 is 34.8 Å². The predicted octanol–water partition coefficient (Wildman–Crippen LogP) is 2.90. The molecule has 7 heteroatoms. The van der Waals surface area contributed by atoms with Crippen molar-refractivity contribution in [3.8, 4) is 0 Å². The van der Waals surface area contributed by atoms with Crippen LogP contribution in [0.5, 0.6) is 0 Å². The molecule has 0 aliphatic heterocycles. The molecule has 0 bridgehead atoms. The first kappa shape index (κ1) is 25.5. The number of carboxylic acid groups (broad SMARTS) is 1. The van der Waals surface area contributed by atoms with E-state index in [0.29, 0.717) is 30.4 Å². The second-order valence-corrected chi connectivity index (χ2v) is 12.5. The zero-order chi connectivity index (χ0) is 25.4. The van der Waals surface area contributed by atoms with Crippen LogP contribution in [0.25, 0.3) is 0 Å². The van der Waals surface area contributed by atoms with Crippen LogP contribution in [0, 0.1) is 39.4 Å². The van der Waals surface area contributed by atoms with Gasteiger partial charge < -0.3 is 20.4 Å². The minimum Gasteiger partial charge on any atom is -0.481 e. The maximum atomic E-state index is 13.9. The van der Waals surface area contributed by atoms with Crippen LogP contribution in [0.2, 0.25) is 0 Å². The van der Waals surface area contributed by atoms with Crippen LogP contribution in [0.3, 0.4) is 0 Å². The molecule has 9 atom stereocenters. The number of aliphatic hydroxyl groups excluding tert-OH is 3. The van der Waals surface area contributed by atoms with Gasteiger partial charge in [-0.15, -0.1) is 0 Å². The van der Waals surface area contributed by atoms with Gasteiger partial charge in [0.25, 0.3) is 0 Å². The lowest BCUT2D eigenvalue weighted by Gasteiger charge is -2.62. The molecule has 0 aromatic carbocycles. The highest BCUT2D eigenvalue weighted by Gasteiger charge is 2.70. The van der Waals surface area contributed by atoms with Crippen molar-refractivity contribution in [2.24, 2.45) is 39.4 Å². The van der Waals surface area contributed by atoms with Gasteiger partial charge in [-0.2, -0.15) is 0 Å². The van der Waals surface area contributed by atoms with Crippen molar-refractivity contribution in [3.63, 3.8) is 0 Å². The Balaban J connectivity index is 1.85. The maximum Gasteiger partial charge on any atom is 0.303 e. The number of hydrogen-bond acceptors (Lipinski definition) is 6. The number of ketones is 2. The summed E-state index contributed by atoms with van der Waals surface area (Å²) in [5.41, 5.74) is -2.08. The third-order valence-electron chi connectivity index (χ3n) is 11.0. The molecule has 7 nitrogen and oxygen atoms in total. The lowest BCUT2D eigenvalue weighted by Crippen LogP contribution is -2.62. The van der Waals surface area contributed by atoms with Crippen LogP contribution in [0.15, 0.2) is 11.1 Å². The number of aliphatic carboxylic acids is 1. The Kier molecular flexibility index (Phi) is 5.98. The minimum absolute atomic E-state index is 0.0176. The zero-order valence-electron chi connectivity index (χ0n) is 21.1. The normalized spacial score (nSPS) is 47.2. The molecule has 0 aromatic rings. The van der Waals surface area contributed by atoms with Crippen molar-refractivity contribution in [1.82, 2.24) is 0 Å². The molecular weight excluding hydrogens is 436 g/mol. The molecule has 0 heterocycles. The fourth-order valence-corrected chi connectivity index (χ4v) is 8.70. The topological polar surface area (TPSA) is 132 Å². The standard InChI is InChI=1S/C27H40O7/c1-14(6-7-21(33)34)15-10-20(32)27(5)23-16(29)11-18-24(2,9-8-19(31)25(18,3)13-28)22(23)17(30)12-26(15,27)4/h14-16,18-19,28-29,31H,6-13H2,1-5H3,(H,33,34). The highest BCUT2D eigenvalue weighted by atomic mass is 16.4. The summed E-state index contributed by atoms with van der Waals surface area (Å²) < 4.78 is 0. The summed E-state index contributed by atoms with van der Waals surface area (Å²) in [5, 5.41) is 41.7. The van der Waals surface area contributed by atoms with Gasteiger partial charge in [0, 0.05) is 30.3 Å². The van der Waals surface area contributed by atoms with Crippen LogP contribution >= 0.6 is 0 Å². The Hall–Kier alpha value is -1.57. The summed E-state index contributed by atoms with van der Waals surface area (Å²) in [4.78, 5) is 38.9. The number of Topliss-reactive ketones (excluding diaryl/α,β-unsaturated/α-hetero) is 2. The molecule has 2 saturated carbocycles. The summed E-state index contributed by atoms with van der Waals surface area (Å²) in [6.07, 6.45) is 0.480. The number of rotatable bonds is 5. The Morgan fingerprint density at radius 2 is 1.79 bits per heavy atom. The molecule has 34 heavy (non-hydrogen) atoms. The largest absolute Gasteiger partial charge is 0.481 e. The Bertz CT molecular complexity index is 955. The number of carbonyl (C=O) groups excluding carboxylic acids is 2. The smallest absolute Gasteiger partial charge is 0.303 e. The van der Waals surface area contributed by atoms with Crippen LogP contribution in [0.4, 0.5) is 0 Å². The van der Waals surface area contributed by atoms with Gasteiger partial charge in [0.05, 0.1) is 24.2 Å². The van der Waals surface area contributed by atoms with Crippen molar-refractivity contribution >= 4 is 17.5 Å². The van der Waals surface area contributed by atoms with Crippen LogP contribution in [-0.4, -0.2) is 56.8 Å². The Morgan fingerprint density at radius 1 is 1.15 bits per heavy atom. The zero-order valence-corrected chi connectivity index (χ0v) is 21.1. The van der Waals surface area contributed by atoms with Gasteiger partial charge in [0.2, 0.25) is 0 Å². The van der Waals surface area contributed by atoms with Gasteiger partial charge in [-0.3, -0.25) is 14.4 Å². The van der Waals surface area contributed by atoms with Crippen molar-refractivity contribution in [3.05, 3.63) is 11.1 Å². The average Bonchev–Trinajstić information content (AvgIpc) is 2.97. The number of carbonyl (C=O) groups is 3. The van der Waals surface area contributed by atoms with Crippen LogP contribution in [-0.2, 0) is 14.4 Å². The van der Waals surface area contributed by atoms with E-state index in [-0.39, 0.29) is 61.6 Å². The van der Waals surface area contributed by atoms with Gasteiger partial charge in [0.1, 0.15) is 5.78 Å². The minimum atomic E-state index is -1.00. The molecule has 0 aromatic heterocycles. The lowest BCUT2D eigenvalue weighted by atomic mass is 9.42. The van der Waals surface area contributed by atoms with E-state index in [0.717, 1.165) is 0 Å². The summed E-state index contributed by atoms with van der Waals surface area (Å²) in [6, 6.07) is 0. The summed E-state index contributed by atoms with van der Waals surface area (Å²) >= 11 is 0. The average molecular weight is 477 g/mol. The highest BCUT2D eigenvalue weighted by Crippen LogP contribution is 2.70. The van der Waals surface area contributed by atoms with Gasteiger partial charge in [-0.1, -0.05) is 27.7 Å². The van der Waals surface area contributed by atoms with Gasteiger partial charge in [0.15, 0.2) is 5.78 Å². The fourth-order valence-electron chi connectivity index (χ4n) is 8.70. The molecular formula is C27H40O7.